The van der Waals surface area contributed by atoms with Gasteiger partial charge in [0.2, 0.25) is 0 Å². The first-order valence-corrected chi connectivity index (χ1v) is 5.38. The summed E-state index contributed by atoms with van der Waals surface area (Å²) in [7, 11) is 0. The molecule has 0 bridgehead atoms. The lowest BCUT2D eigenvalue weighted by molar-refractivity contribution is -0.123. The van der Waals surface area contributed by atoms with Crippen molar-refractivity contribution >= 4 is 6.09 Å². The van der Waals surface area contributed by atoms with Crippen LogP contribution in [0.2, 0.25) is 0 Å². The van der Waals surface area contributed by atoms with Gasteiger partial charge in [-0.25, -0.2) is 4.79 Å². The van der Waals surface area contributed by atoms with Crippen LogP contribution in [0.15, 0.2) is 0 Å². The lowest BCUT2D eigenvalue weighted by atomic mass is 9.83. The van der Waals surface area contributed by atoms with Crippen molar-refractivity contribution in [3.8, 4) is 0 Å². The molecule has 15 heavy (non-hydrogen) atoms. The van der Waals surface area contributed by atoms with E-state index in [-0.39, 0.29) is 23.6 Å². The van der Waals surface area contributed by atoms with Gasteiger partial charge in [-0.15, -0.1) is 0 Å². The van der Waals surface area contributed by atoms with Crippen molar-refractivity contribution in [2.75, 3.05) is 6.61 Å². The maximum Gasteiger partial charge on any atom is 0.407 e. The van der Waals surface area contributed by atoms with Crippen LogP contribution < -0.4 is 0 Å². The Morgan fingerprint density at radius 1 is 1.40 bits per heavy atom. The molecule has 1 amide bonds. The second-order valence-corrected chi connectivity index (χ2v) is 5.40. The molecule has 1 heterocycles. The van der Waals surface area contributed by atoms with E-state index in [1.54, 1.807) is 0 Å². The summed E-state index contributed by atoms with van der Waals surface area (Å²) in [5, 5.41) is 9.13. The minimum atomic E-state index is -0.854. The zero-order valence-corrected chi connectivity index (χ0v) is 10.2. The van der Waals surface area contributed by atoms with Gasteiger partial charge in [-0.2, -0.15) is 0 Å². The van der Waals surface area contributed by atoms with Gasteiger partial charge in [0, 0.05) is 0 Å². The van der Waals surface area contributed by atoms with Crippen molar-refractivity contribution in [1.29, 1.82) is 0 Å². The third kappa shape index (κ3) is 2.43. The highest BCUT2D eigenvalue weighted by Gasteiger charge is 2.41. The number of hydrogen-bond donors (Lipinski definition) is 1. The second-order valence-electron chi connectivity index (χ2n) is 5.40. The van der Waals surface area contributed by atoms with Crippen molar-refractivity contribution in [3.05, 3.63) is 0 Å². The first kappa shape index (κ1) is 12.3. The van der Waals surface area contributed by atoms with E-state index in [0.717, 1.165) is 0 Å². The number of ether oxygens (including phenoxy) is 1. The molecule has 4 nitrogen and oxygen atoms in total. The van der Waals surface area contributed by atoms with Crippen molar-refractivity contribution in [1.82, 2.24) is 4.90 Å². The molecule has 0 radical (unpaired) electrons. The van der Waals surface area contributed by atoms with Gasteiger partial charge < -0.3 is 9.84 Å². The summed E-state index contributed by atoms with van der Waals surface area (Å²) in [6.45, 7) is 10.5. The van der Waals surface area contributed by atoms with Gasteiger partial charge in [-0.1, -0.05) is 20.8 Å². The summed E-state index contributed by atoms with van der Waals surface area (Å²) in [4.78, 5) is 12.6. The van der Waals surface area contributed by atoms with E-state index < -0.39 is 6.09 Å². The van der Waals surface area contributed by atoms with Crippen molar-refractivity contribution in [3.63, 3.8) is 0 Å². The zero-order chi connectivity index (χ0) is 11.8. The molecule has 0 aromatic carbocycles. The molecular weight excluding hydrogens is 194 g/mol. The van der Waals surface area contributed by atoms with E-state index >= 15 is 0 Å². The predicted octanol–water partition coefficient (Wildman–Crippen LogP) is 2.19. The fraction of sp³-hybridized carbons (Fsp3) is 0.909. The van der Waals surface area contributed by atoms with E-state index in [9.17, 15) is 4.79 Å². The number of amides is 1. The van der Waals surface area contributed by atoms with Crippen LogP contribution in [0.5, 0.6) is 0 Å². The number of morpholine rings is 1. The Morgan fingerprint density at radius 3 is 2.33 bits per heavy atom. The maximum absolute atomic E-state index is 11.1. The topological polar surface area (TPSA) is 49.8 Å². The van der Waals surface area contributed by atoms with Crippen LogP contribution in [0.3, 0.4) is 0 Å². The third-order valence-electron chi connectivity index (χ3n) is 2.94. The van der Waals surface area contributed by atoms with Crippen LogP contribution >= 0.6 is 0 Å². The van der Waals surface area contributed by atoms with Gasteiger partial charge in [-0.3, -0.25) is 4.90 Å². The molecule has 3 unspecified atom stereocenters. The summed E-state index contributed by atoms with van der Waals surface area (Å²) in [5.74, 6) is 0. The average molecular weight is 215 g/mol. The number of rotatable bonds is 0. The molecule has 1 aliphatic rings. The van der Waals surface area contributed by atoms with Crippen LogP contribution in [0.1, 0.15) is 34.6 Å². The lowest BCUT2D eigenvalue weighted by Crippen LogP contribution is -2.59. The SMILES string of the molecule is CC1COC(C(C)(C)C)C(C)N1C(=O)O. The first-order valence-electron chi connectivity index (χ1n) is 5.38. The molecule has 1 aliphatic heterocycles. The molecule has 88 valence electrons. The van der Waals surface area contributed by atoms with Gasteiger partial charge in [0.05, 0.1) is 24.8 Å². The smallest absolute Gasteiger partial charge is 0.407 e. The molecule has 0 aromatic heterocycles. The van der Waals surface area contributed by atoms with Crippen LogP contribution in [-0.2, 0) is 4.74 Å². The number of nitrogens with zero attached hydrogens (tertiary/aromatic N) is 1. The minimum Gasteiger partial charge on any atom is -0.465 e. The monoisotopic (exact) mass is 215 g/mol. The van der Waals surface area contributed by atoms with Gasteiger partial charge in [0.1, 0.15) is 0 Å². The highest BCUT2D eigenvalue weighted by molar-refractivity contribution is 5.66. The zero-order valence-electron chi connectivity index (χ0n) is 10.2. The summed E-state index contributed by atoms with van der Waals surface area (Å²) >= 11 is 0. The molecule has 1 N–H and O–H groups in total. The maximum atomic E-state index is 11.1. The number of carboxylic acid groups (broad SMARTS) is 1. The summed E-state index contributed by atoms with van der Waals surface area (Å²) in [6, 6.07) is -0.151. The van der Waals surface area contributed by atoms with Crippen LogP contribution in [0.25, 0.3) is 0 Å². The number of carbonyl (C=O) groups is 1. The van der Waals surface area contributed by atoms with Crippen molar-refractivity contribution < 1.29 is 14.6 Å². The van der Waals surface area contributed by atoms with E-state index in [0.29, 0.717) is 6.61 Å². The Morgan fingerprint density at radius 2 is 1.93 bits per heavy atom. The third-order valence-corrected chi connectivity index (χ3v) is 2.94. The fourth-order valence-electron chi connectivity index (χ4n) is 2.35. The average Bonchev–Trinajstić information content (AvgIpc) is 2.00. The molecule has 3 atom stereocenters. The van der Waals surface area contributed by atoms with Crippen LogP contribution in [0.4, 0.5) is 4.79 Å². The first-order chi connectivity index (χ1) is 6.75. The van der Waals surface area contributed by atoms with E-state index in [1.807, 2.05) is 13.8 Å². The molecule has 0 aromatic rings. The van der Waals surface area contributed by atoms with E-state index in [1.165, 1.54) is 4.90 Å². The van der Waals surface area contributed by atoms with Gasteiger partial charge in [0.15, 0.2) is 0 Å². The molecule has 0 aliphatic carbocycles. The van der Waals surface area contributed by atoms with Crippen molar-refractivity contribution in [2.24, 2.45) is 5.41 Å². The van der Waals surface area contributed by atoms with Gasteiger partial charge in [-0.05, 0) is 19.3 Å². The highest BCUT2D eigenvalue weighted by Crippen LogP contribution is 2.31. The Kier molecular flexibility index (Phi) is 3.28. The van der Waals surface area contributed by atoms with E-state index in [4.69, 9.17) is 9.84 Å². The lowest BCUT2D eigenvalue weighted by Gasteiger charge is -2.46. The van der Waals surface area contributed by atoms with Crippen molar-refractivity contribution in [2.45, 2.75) is 52.8 Å². The number of hydrogen-bond acceptors (Lipinski definition) is 2. The Hall–Kier alpha value is -0.770. The summed E-state index contributed by atoms with van der Waals surface area (Å²) < 4.78 is 5.74. The quantitative estimate of drug-likeness (QED) is 0.674. The minimum absolute atomic E-state index is 0.0345. The molecule has 0 spiro atoms. The Labute approximate surface area is 91.2 Å². The largest absolute Gasteiger partial charge is 0.465 e. The predicted molar refractivity (Wildman–Crippen MR) is 58.0 cm³/mol. The molecule has 1 saturated heterocycles. The van der Waals surface area contributed by atoms with Crippen LogP contribution in [-0.4, -0.2) is 40.9 Å². The fourth-order valence-corrected chi connectivity index (χ4v) is 2.35. The molecule has 0 saturated carbocycles. The molecule has 1 fully saturated rings. The summed E-state index contributed by atoms with van der Waals surface area (Å²) in [5.41, 5.74) is -0.0345. The van der Waals surface area contributed by atoms with E-state index in [2.05, 4.69) is 20.8 Å². The van der Waals surface area contributed by atoms with Crippen LogP contribution in [0, 0.1) is 5.41 Å². The standard InChI is InChI=1S/C11H21NO3/c1-7-6-15-9(11(3,4)5)8(2)12(7)10(13)14/h7-9H,6H2,1-5H3,(H,13,14). The molecule has 1 rings (SSSR count). The Balaban J connectivity index is 2.86. The highest BCUT2D eigenvalue weighted by atomic mass is 16.5. The van der Waals surface area contributed by atoms with Gasteiger partial charge >= 0.3 is 6.09 Å². The Bertz CT molecular complexity index is 247. The molecular formula is C11H21NO3. The summed E-state index contributed by atoms with van der Waals surface area (Å²) in [6.07, 6.45) is -0.891. The normalized spacial score (nSPS) is 32.9. The molecule has 4 heteroatoms. The van der Waals surface area contributed by atoms with Gasteiger partial charge in [0.25, 0.3) is 0 Å². The second kappa shape index (κ2) is 4.00.